The molecule has 32 heavy (non-hydrogen) atoms. The average molecular weight is 553 g/mol. The number of para-hydroxylation sites is 2. The normalized spacial score (nSPS) is 18.6. The van der Waals surface area contributed by atoms with Crippen LogP contribution in [0, 0.1) is 0 Å². The number of nitrogens with zero attached hydrogens (tertiary/aromatic N) is 6. The van der Waals surface area contributed by atoms with E-state index in [1.54, 1.807) is 0 Å². The van der Waals surface area contributed by atoms with Gasteiger partial charge in [-0.2, -0.15) is 0 Å². The van der Waals surface area contributed by atoms with E-state index in [1.807, 2.05) is 30.4 Å². The number of benzene rings is 1. The highest BCUT2D eigenvalue weighted by molar-refractivity contribution is 14.0. The van der Waals surface area contributed by atoms with Crippen molar-refractivity contribution in [1.82, 2.24) is 29.6 Å². The van der Waals surface area contributed by atoms with Gasteiger partial charge in [0.25, 0.3) is 0 Å². The summed E-state index contributed by atoms with van der Waals surface area (Å²) >= 11 is 0. The van der Waals surface area contributed by atoms with Crippen LogP contribution < -0.4 is 5.32 Å². The van der Waals surface area contributed by atoms with E-state index in [1.165, 1.54) is 5.52 Å². The number of likely N-dealkylation sites (tertiary alicyclic amines) is 1. The van der Waals surface area contributed by atoms with E-state index in [2.05, 4.69) is 48.7 Å². The summed E-state index contributed by atoms with van der Waals surface area (Å²) in [6.45, 7) is 9.27. The van der Waals surface area contributed by atoms with Gasteiger partial charge in [0.1, 0.15) is 0 Å². The van der Waals surface area contributed by atoms with Crippen LogP contribution in [0.4, 0.5) is 0 Å². The highest BCUT2D eigenvalue weighted by Gasteiger charge is 2.30. The number of carbonyl (C=O) groups excluding carboxylic acids is 1. The number of rotatable bonds is 6. The van der Waals surface area contributed by atoms with E-state index >= 15 is 0 Å². The maximum Gasteiger partial charge on any atom is 0.239 e. The first-order valence-electron chi connectivity index (χ1n) is 11.6. The van der Waals surface area contributed by atoms with Gasteiger partial charge in [-0.3, -0.25) is 14.7 Å². The second-order valence-corrected chi connectivity index (χ2v) is 8.49. The number of imidazole rings is 1. The molecule has 8 nitrogen and oxygen atoms in total. The Kier molecular flexibility index (Phi) is 9.15. The molecule has 0 saturated carbocycles. The number of fused-ring (bicyclic) bond motifs is 1. The Balaban J connectivity index is 0.00000289. The first-order chi connectivity index (χ1) is 15.2. The zero-order valence-corrected chi connectivity index (χ0v) is 21.6. The number of aliphatic imine (C=N–C) groups is 1. The number of guanidine groups is 1. The van der Waals surface area contributed by atoms with Crippen molar-refractivity contribution >= 4 is 46.9 Å². The van der Waals surface area contributed by atoms with Crippen molar-refractivity contribution < 1.29 is 4.79 Å². The first kappa shape index (κ1) is 24.8. The summed E-state index contributed by atoms with van der Waals surface area (Å²) in [6, 6.07) is 8.21. The summed E-state index contributed by atoms with van der Waals surface area (Å²) < 4.78 is 2.21. The van der Waals surface area contributed by atoms with Crippen molar-refractivity contribution in [3.8, 4) is 0 Å². The molecule has 4 rings (SSSR count). The second kappa shape index (κ2) is 11.8. The van der Waals surface area contributed by atoms with Crippen LogP contribution in [0.25, 0.3) is 11.0 Å². The standard InChI is InChI=1S/C23H35N7O.HI/c1-19(22(31)28-11-5-6-12-28)27-14-16-29(17-15-27)23(24-2)25-10-7-13-30-18-26-20-8-3-4-9-21(20)30;/h3-4,8-9,18-19H,5-7,10-17H2,1-2H3,(H,24,25);1H. The fraction of sp³-hybridized carbons (Fsp3) is 0.609. The van der Waals surface area contributed by atoms with Crippen LogP contribution in [0.15, 0.2) is 35.6 Å². The minimum absolute atomic E-state index is 0. The van der Waals surface area contributed by atoms with E-state index in [-0.39, 0.29) is 30.0 Å². The molecule has 1 aromatic heterocycles. The molecule has 2 saturated heterocycles. The van der Waals surface area contributed by atoms with Crippen molar-refractivity contribution in [2.75, 3.05) is 52.9 Å². The van der Waals surface area contributed by atoms with Gasteiger partial charge in [0.2, 0.25) is 5.91 Å². The lowest BCUT2D eigenvalue weighted by atomic mass is 10.2. The van der Waals surface area contributed by atoms with Gasteiger partial charge < -0.3 is 19.7 Å². The van der Waals surface area contributed by atoms with Gasteiger partial charge in [0.15, 0.2) is 5.96 Å². The number of hydrogen-bond acceptors (Lipinski definition) is 4. The molecular formula is C23H36IN7O. The molecular weight excluding hydrogens is 517 g/mol. The predicted molar refractivity (Wildman–Crippen MR) is 140 cm³/mol. The van der Waals surface area contributed by atoms with Gasteiger partial charge in [-0.05, 0) is 38.3 Å². The van der Waals surface area contributed by atoms with Gasteiger partial charge in [-0.15, -0.1) is 24.0 Å². The predicted octanol–water partition coefficient (Wildman–Crippen LogP) is 2.25. The Labute approximate surface area is 208 Å². The molecule has 1 unspecified atom stereocenters. The molecule has 0 spiro atoms. The molecule has 176 valence electrons. The van der Waals surface area contributed by atoms with E-state index in [9.17, 15) is 4.79 Å². The molecule has 1 atom stereocenters. The number of aromatic nitrogens is 2. The Morgan fingerprint density at radius 2 is 1.81 bits per heavy atom. The van der Waals surface area contributed by atoms with Gasteiger partial charge in [-0.25, -0.2) is 4.98 Å². The lowest BCUT2D eigenvalue weighted by Crippen LogP contribution is -2.57. The zero-order valence-electron chi connectivity index (χ0n) is 19.2. The fourth-order valence-electron chi connectivity index (χ4n) is 4.65. The molecule has 1 N–H and O–H groups in total. The number of carbonyl (C=O) groups is 1. The third-order valence-corrected chi connectivity index (χ3v) is 6.53. The van der Waals surface area contributed by atoms with Crippen molar-refractivity contribution in [2.24, 2.45) is 4.99 Å². The van der Waals surface area contributed by atoms with Crippen molar-refractivity contribution in [1.29, 1.82) is 0 Å². The third-order valence-electron chi connectivity index (χ3n) is 6.53. The van der Waals surface area contributed by atoms with Crippen LogP contribution in [0.3, 0.4) is 0 Å². The van der Waals surface area contributed by atoms with E-state index in [0.717, 1.165) is 83.1 Å². The Bertz CT molecular complexity index is 901. The van der Waals surface area contributed by atoms with Crippen LogP contribution in [0.5, 0.6) is 0 Å². The highest BCUT2D eigenvalue weighted by Crippen LogP contribution is 2.14. The van der Waals surface area contributed by atoms with Crippen molar-refractivity contribution in [3.05, 3.63) is 30.6 Å². The topological polar surface area (TPSA) is 69.0 Å². The van der Waals surface area contributed by atoms with E-state index < -0.39 is 0 Å². The van der Waals surface area contributed by atoms with Gasteiger partial charge in [0, 0.05) is 59.4 Å². The minimum atomic E-state index is -0.0276. The maximum absolute atomic E-state index is 12.7. The summed E-state index contributed by atoms with van der Waals surface area (Å²) in [6.07, 6.45) is 5.21. The Hall–Kier alpha value is -1.88. The third kappa shape index (κ3) is 5.72. The van der Waals surface area contributed by atoms with Gasteiger partial charge >= 0.3 is 0 Å². The second-order valence-electron chi connectivity index (χ2n) is 8.49. The molecule has 2 aliphatic heterocycles. The SMILES string of the molecule is CN=C(NCCCn1cnc2ccccc21)N1CCN(C(C)C(=O)N2CCCC2)CC1.I. The number of hydrogen-bond donors (Lipinski definition) is 1. The van der Waals surface area contributed by atoms with Crippen molar-refractivity contribution in [3.63, 3.8) is 0 Å². The maximum atomic E-state index is 12.7. The smallest absolute Gasteiger partial charge is 0.239 e. The largest absolute Gasteiger partial charge is 0.356 e. The van der Waals surface area contributed by atoms with E-state index in [4.69, 9.17) is 0 Å². The molecule has 0 bridgehead atoms. The number of halogens is 1. The van der Waals surface area contributed by atoms with Gasteiger partial charge in [0.05, 0.1) is 23.4 Å². The lowest BCUT2D eigenvalue weighted by Gasteiger charge is -2.39. The molecule has 1 amide bonds. The quantitative estimate of drug-likeness (QED) is 0.257. The number of amides is 1. The monoisotopic (exact) mass is 553 g/mol. The average Bonchev–Trinajstić information content (AvgIpc) is 3.49. The number of piperazine rings is 1. The highest BCUT2D eigenvalue weighted by atomic mass is 127. The summed E-state index contributed by atoms with van der Waals surface area (Å²) in [5, 5.41) is 3.51. The molecule has 2 aromatic rings. The van der Waals surface area contributed by atoms with Crippen LogP contribution >= 0.6 is 24.0 Å². The summed E-state index contributed by atoms with van der Waals surface area (Å²) in [5.41, 5.74) is 2.22. The van der Waals surface area contributed by atoms with Crippen LogP contribution in [0.2, 0.25) is 0 Å². The number of nitrogens with one attached hydrogen (secondary N) is 1. The minimum Gasteiger partial charge on any atom is -0.356 e. The summed E-state index contributed by atoms with van der Waals surface area (Å²) in [7, 11) is 1.84. The summed E-state index contributed by atoms with van der Waals surface area (Å²) in [5.74, 6) is 1.24. The van der Waals surface area contributed by atoms with Crippen molar-refractivity contribution in [2.45, 2.75) is 38.8 Å². The fourth-order valence-corrected chi connectivity index (χ4v) is 4.65. The van der Waals surface area contributed by atoms with Crippen LogP contribution in [-0.2, 0) is 11.3 Å². The molecule has 9 heteroatoms. The molecule has 1 aromatic carbocycles. The zero-order chi connectivity index (χ0) is 21.6. The summed E-state index contributed by atoms with van der Waals surface area (Å²) in [4.78, 5) is 28.3. The molecule has 0 radical (unpaired) electrons. The van der Waals surface area contributed by atoms with Gasteiger partial charge in [-0.1, -0.05) is 12.1 Å². The van der Waals surface area contributed by atoms with Crippen LogP contribution in [-0.4, -0.2) is 95.0 Å². The number of aryl methyl sites for hydroxylation is 1. The Morgan fingerprint density at radius 1 is 1.09 bits per heavy atom. The Morgan fingerprint density at radius 3 is 2.53 bits per heavy atom. The molecule has 3 heterocycles. The van der Waals surface area contributed by atoms with Crippen LogP contribution in [0.1, 0.15) is 26.2 Å². The molecule has 2 aliphatic rings. The lowest BCUT2D eigenvalue weighted by molar-refractivity contribution is -0.135. The molecule has 2 fully saturated rings. The first-order valence-corrected chi connectivity index (χ1v) is 11.6. The van der Waals surface area contributed by atoms with E-state index in [0.29, 0.717) is 5.91 Å². The molecule has 0 aliphatic carbocycles.